The zero-order valence-electron chi connectivity index (χ0n) is 36.1. The maximum atomic E-state index is 10.9. The van der Waals surface area contributed by atoms with Crippen molar-refractivity contribution in [2.75, 3.05) is 7.11 Å². The Kier molecular flexibility index (Phi) is 19.2. The van der Waals surface area contributed by atoms with Crippen molar-refractivity contribution in [2.24, 2.45) is 0 Å². The lowest BCUT2D eigenvalue weighted by Gasteiger charge is -2.03. The molecule has 0 aliphatic carbocycles. The van der Waals surface area contributed by atoms with E-state index >= 15 is 0 Å². The third-order valence-electron chi connectivity index (χ3n) is 10.0. The fourth-order valence-electron chi connectivity index (χ4n) is 6.84. The summed E-state index contributed by atoms with van der Waals surface area (Å²) in [5.74, 6) is 0. The van der Waals surface area contributed by atoms with Gasteiger partial charge in [0.25, 0.3) is 0 Å². The van der Waals surface area contributed by atoms with Gasteiger partial charge in [0.15, 0.2) is 11.3 Å². The second kappa shape index (κ2) is 25.5. The van der Waals surface area contributed by atoms with Crippen LogP contribution in [0.15, 0.2) is 109 Å². The van der Waals surface area contributed by atoms with Crippen LogP contribution in [-0.4, -0.2) is 30.9 Å². The topological polar surface area (TPSA) is 130 Å². The van der Waals surface area contributed by atoms with Crippen LogP contribution in [0.4, 0.5) is 0 Å². The maximum absolute atomic E-state index is 10.9. The van der Waals surface area contributed by atoms with Crippen molar-refractivity contribution in [3.05, 3.63) is 163 Å². The summed E-state index contributed by atoms with van der Waals surface area (Å²) in [5, 5.41) is 18.8. The Hall–Kier alpha value is -5.73. The van der Waals surface area contributed by atoms with Crippen LogP contribution < -0.4 is 4.74 Å². The molecular formula is C52H34Cl3N7O2S9. The molecule has 0 aliphatic heterocycles. The lowest BCUT2D eigenvalue weighted by molar-refractivity contribution is 0.112. The largest absolute Gasteiger partial charge is 0.487 e. The van der Waals surface area contributed by atoms with Crippen LogP contribution in [0.2, 0.25) is 13.0 Å². The Bertz CT molecular complexity index is 3750. The number of allylic oxidation sites excluding steroid dienone is 1. The fourth-order valence-corrected chi connectivity index (χ4v) is 14.7. The van der Waals surface area contributed by atoms with E-state index in [-0.39, 0.29) is 14.9 Å². The monoisotopic (exact) mass is 1180 g/mol. The lowest BCUT2D eigenvalue weighted by atomic mass is 10.1. The van der Waals surface area contributed by atoms with E-state index in [2.05, 4.69) is 58.7 Å². The molecule has 11 rings (SSSR count). The molecule has 0 unspecified atom stereocenters. The molecule has 0 saturated heterocycles. The van der Waals surface area contributed by atoms with Gasteiger partial charge in [0.2, 0.25) is 5.70 Å². The number of methoxy groups -OCH3 is 1. The quantitative estimate of drug-likeness (QED) is 0.0711. The van der Waals surface area contributed by atoms with Crippen LogP contribution in [-0.2, 0) is 6.42 Å². The number of aromatic nitrogens is 4. The van der Waals surface area contributed by atoms with Crippen molar-refractivity contribution in [1.29, 1.82) is 10.5 Å². The average Bonchev–Trinajstić information content (AvgIpc) is 4.23. The molecule has 0 saturated carbocycles. The summed E-state index contributed by atoms with van der Waals surface area (Å²) in [7, 11) is 1.67. The van der Waals surface area contributed by atoms with Gasteiger partial charge in [-0.15, -0.1) is 68.0 Å². The van der Waals surface area contributed by atoms with Gasteiger partial charge in [-0.1, -0.05) is 91.3 Å². The molecule has 364 valence electrons. The smallest absolute Gasteiger partial charge is 0.205 e. The number of nitriles is 2. The molecule has 0 radical (unpaired) electrons. The molecule has 2 aromatic carbocycles. The highest BCUT2D eigenvalue weighted by molar-refractivity contribution is 7.19. The van der Waals surface area contributed by atoms with E-state index in [1.165, 1.54) is 68.8 Å². The number of ether oxygens (including phenoxy) is 1. The van der Waals surface area contributed by atoms with E-state index in [1.807, 2.05) is 85.0 Å². The predicted molar refractivity (Wildman–Crippen MR) is 319 cm³/mol. The minimum atomic E-state index is 0. The molecule has 73 heavy (non-hydrogen) atoms. The summed E-state index contributed by atoms with van der Waals surface area (Å²) in [6.45, 7) is 7.60. The number of nitrogens with zero attached hydrogens (tertiary/aromatic N) is 7. The van der Waals surface area contributed by atoms with Crippen LogP contribution in [0.5, 0.6) is 5.06 Å². The van der Waals surface area contributed by atoms with Crippen molar-refractivity contribution >= 4 is 189 Å². The standard InChI is InChI=1S/C28H12Cl2N4S5.C16H10N2O2S3.C6H4ClNS.2CH4/c1-32-20(24-9-11-26(30)38-24)13-17-3-7-23(36-17)19-5-4-18(27-28(19)34-39-33-27)22-6-2-16(35-22)12-15(14-31)21-8-10-25(29)37-21;1-20-14-7-6-13(22-14)11-4-3-10(15-16(11)18-23-17-15)12-5-2-9(8-19)21-12;7-6-2-1-5(9-6)3-4-8;;/h2-13H;2-8H,1H3;1-2H,3H2;2*1H4/b15-12+,20-13-;;;;. The minimum absolute atomic E-state index is 0. The SMILES string of the molecule is C.C.COc1ccc(-c2ccc(-c3ccc(C=O)s3)c3nsnc23)s1.N#CCc1ccc(Cl)s1.[C-]#[N+]/C(=C\c1ccc(-c2ccc(-c3ccc(/C=C(\C#N)c4ccc(Cl)s4)s3)c3nsnc23)s1)c1ccc(Cl)s1. The first-order valence-electron chi connectivity index (χ1n) is 20.4. The number of thiophene rings is 7. The summed E-state index contributed by atoms with van der Waals surface area (Å²) in [5.41, 5.74) is 8.69. The van der Waals surface area contributed by atoms with Crippen molar-refractivity contribution in [3.8, 4) is 59.0 Å². The predicted octanol–water partition coefficient (Wildman–Crippen LogP) is 19.8. The van der Waals surface area contributed by atoms with Gasteiger partial charge in [0.05, 0.1) is 73.1 Å². The highest BCUT2D eigenvalue weighted by Gasteiger charge is 2.18. The second-order valence-corrected chi connectivity index (χ2v) is 25.0. The van der Waals surface area contributed by atoms with E-state index in [0.717, 1.165) is 104 Å². The molecule has 0 fully saturated rings. The molecule has 9 heterocycles. The minimum Gasteiger partial charge on any atom is -0.487 e. The molecule has 0 atom stereocenters. The number of carbonyl (C=O) groups excluding carboxylic acids is 1. The third kappa shape index (κ3) is 12.8. The number of hydrogen-bond acceptors (Lipinski definition) is 17. The van der Waals surface area contributed by atoms with Gasteiger partial charge in [-0.25, -0.2) is 4.85 Å². The Balaban J connectivity index is 0.000000193. The van der Waals surface area contributed by atoms with Gasteiger partial charge in [-0.05, 0) is 91.0 Å². The number of hydrogen-bond donors (Lipinski definition) is 0. The van der Waals surface area contributed by atoms with Gasteiger partial charge in [-0.2, -0.15) is 28.0 Å². The number of halogens is 3. The summed E-state index contributed by atoms with van der Waals surface area (Å²) >= 11 is 30.6. The molecule has 0 bridgehead atoms. The molecule has 0 N–H and O–H groups in total. The zero-order chi connectivity index (χ0) is 49.4. The molecule has 21 heteroatoms. The fraction of sp³-hybridized carbons (Fsp3) is 0.0769. The summed E-state index contributed by atoms with van der Waals surface area (Å²) in [6.07, 6.45) is 5.13. The number of carbonyl (C=O) groups is 1. The van der Waals surface area contributed by atoms with Crippen molar-refractivity contribution < 1.29 is 9.53 Å². The molecule has 9 aromatic heterocycles. The van der Waals surface area contributed by atoms with Gasteiger partial charge < -0.3 is 4.74 Å². The second-order valence-electron chi connectivity index (χ2n) is 14.4. The summed E-state index contributed by atoms with van der Waals surface area (Å²) in [6, 6.07) is 39.5. The number of rotatable bonds is 11. The van der Waals surface area contributed by atoms with Crippen molar-refractivity contribution in [3.63, 3.8) is 0 Å². The van der Waals surface area contributed by atoms with Gasteiger partial charge in [-0.3, -0.25) is 4.79 Å². The maximum Gasteiger partial charge on any atom is 0.205 e. The Morgan fingerprint density at radius 1 is 0.575 bits per heavy atom. The number of fused-ring (bicyclic) bond motifs is 2. The van der Waals surface area contributed by atoms with Crippen LogP contribution in [0.25, 0.3) is 92.1 Å². The lowest BCUT2D eigenvalue weighted by Crippen LogP contribution is -1.81. The first-order valence-corrected chi connectivity index (χ1v) is 28.7. The molecule has 11 aromatic rings. The zero-order valence-corrected chi connectivity index (χ0v) is 45.7. The average molecular weight is 1180 g/mol. The highest BCUT2D eigenvalue weighted by Crippen LogP contribution is 2.43. The third-order valence-corrected chi connectivity index (χ3v) is 19.1. The van der Waals surface area contributed by atoms with E-state index in [4.69, 9.17) is 51.4 Å². The molecular weight excluding hydrogens is 1150 g/mol. The Morgan fingerprint density at radius 3 is 1.44 bits per heavy atom. The Labute approximate surface area is 472 Å². The number of aldehydes is 1. The molecule has 0 aliphatic rings. The summed E-state index contributed by atoms with van der Waals surface area (Å²) < 4.78 is 25.5. The van der Waals surface area contributed by atoms with Crippen LogP contribution >= 0.6 is 138 Å². The van der Waals surface area contributed by atoms with Crippen LogP contribution in [0, 0.1) is 29.2 Å². The van der Waals surface area contributed by atoms with E-state index in [1.54, 1.807) is 53.3 Å². The van der Waals surface area contributed by atoms with Crippen molar-refractivity contribution in [2.45, 2.75) is 21.3 Å². The van der Waals surface area contributed by atoms with Crippen molar-refractivity contribution in [1.82, 2.24) is 17.5 Å². The highest BCUT2D eigenvalue weighted by atomic mass is 35.5. The molecule has 0 spiro atoms. The van der Waals surface area contributed by atoms with Gasteiger partial charge >= 0.3 is 0 Å². The van der Waals surface area contributed by atoms with E-state index in [0.29, 0.717) is 31.2 Å². The van der Waals surface area contributed by atoms with E-state index in [9.17, 15) is 10.1 Å². The summed E-state index contributed by atoms with van der Waals surface area (Å²) in [4.78, 5) is 24.3. The molecule has 9 nitrogen and oxygen atoms in total. The normalized spacial score (nSPS) is 11.0. The first kappa shape index (κ1) is 55.0. The van der Waals surface area contributed by atoms with Crippen LogP contribution in [0.3, 0.4) is 0 Å². The number of benzene rings is 2. The molecule has 0 amide bonds. The van der Waals surface area contributed by atoms with Crippen LogP contribution in [0.1, 0.15) is 48.9 Å². The van der Waals surface area contributed by atoms with E-state index < -0.39 is 0 Å². The first-order chi connectivity index (χ1) is 34.6. The Morgan fingerprint density at radius 2 is 1.03 bits per heavy atom. The van der Waals surface area contributed by atoms with Gasteiger partial charge in [0, 0.05) is 66.1 Å². The van der Waals surface area contributed by atoms with Gasteiger partial charge in [0.1, 0.15) is 28.1 Å².